The Balaban J connectivity index is 3.43. The number of anilines is 2. The number of rotatable bonds is 4. The Morgan fingerprint density at radius 2 is 1.95 bits per heavy atom. The van der Waals surface area contributed by atoms with E-state index in [0.717, 1.165) is 6.07 Å². The Bertz CT molecular complexity index is 515. The van der Waals surface area contributed by atoms with Gasteiger partial charge in [-0.3, -0.25) is 10.1 Å². The van der Waals surface area contributed by atoms with Crippen LogP contribution in [0.1, 0.15) is 19.4 Å². The van der Waals surface area contributed by atoms with Gasteiger partial charge in [-0.15, -0.1) is 0 Å². The van der Waals surface area contributed by atoms with E-state index in [1.807, 2.05) is 13.8 Å². The molecule has 112 valence electrons. The van der Waals surface area contributed by atoms with Crippen molar-refractivity contribution >= 4 is 17.1 Å². The Morgan fingerprint density at radius 3 is 2.35 bits per heavy atom. The largest absolute Gasteiger partial charge is 0.418 e. The predicted octanol–water partition coefficient (Wildman–Crippen LogP) is 3.29. The number of nitrogen functional groups attached to an aromatic ring is 1. The van der Waals surface area contributed by atoms with Gasteiger partial charge in [0.25, 0.3) is 5.69 Å². The Kier molecular flexibility index (Phi) is 4.46. The average Bonchev–Trinajstić information content (AvgIpc) is 2.25. The van der Waals surface area contributed by atoms with Gasteiger partial charge in [0.2, 0.25) is 0 Å². The molecule has 20 heavy (non-hydrogen) atoms. The minimum Gasteiger partial charge on any atom is -0.393 e. The second-order valence-corrected chi connectivity index (χ2v) is 4.96. The molecular weight excluding hydrogens is 275 g/mol. The number of nitrogens with zero attached hydrogens (tertiary/aromatic N) is 2. The van der Waals surface area contributed by atoms with E-state index in [1.165, 1.54) is 11.9 Å². The lowest BCUT2D eigenvalue weighted by Crippen LogP contribution is -2.25. The molecule has 0 aliphatic carbocycles. The molecule has 1 aromatic carbocycles. The summed E-state index contributed by atoms with van der Waals surface area (Å²) in [4.78, 5) is 11.2. The second-order valence-electron chi connectivity index (χ2n) is 4.96. The molecule has 8 heteroatoms. The van der Waals surface area contributed by atoms with Crippen LogP contribution in [0.15, 0.2) is 12.1 Å². The molecule has 0 heterocycles. The first-order valence-electron chi connectivity index (χ1n) is 5.90. The molecule has 0 unspecified atom stereocenters. The van der Waals surface area contributed by atoms with Crippen LogP contribution in [0.25, 0.3) is 0 Å². The zero-order valence-electron chi connectivity index (χ0n) is 11.4. The maximum Gasteiger partial charge on any atom is 0.418 e. The van der Waals surface area contributed by atoms with Crippen LogP contribution in [-0.4, -0.2) is 18.5 Å². The van der Waals surface area contributed by atoms with Crippen LogP contribution in [0, 0.1) is 16.0 Å². The molecule has 0 atom stereocenters. The van der Waals surface area contributed by atoms with Gasteiger partial charge in [0.05, 0.1) is 16.2 Å². The van der Waals surface area contributed by atoms with Crippen molar-refractivity contribution in [3.05, 3.63) is 27.8 Å². The van der Waals surface area contributed by atoms with Crippen LogP contribution >= 0.6 is 0 Å². The lowest BCUT2D eigenvalue weighted by atomic mass is 10.1. The molecule has 0 aromatic heterocycles. The lowest BCUT2D eigenvalue weighted by Gasteiger charge is -2.25. The van der Waals surface area contributed by atoms with Gasteiger partial charge in [-0.2, -0.15) is 13.2 Å². The van der Waals surface area contributed by atoms with Crippen molar-refractivity contribution in [2.45, 2.75) is 20.0 Å². The fourth-order valence-corrected chi connectivity index (χ4v) is 1.94. The monoisotopic (exact) mass is 291 g/mol. The van der Waals surface area contributed by atoms with E-state index in [0.29, 0.717) is 12.6 Å². The minimum atomic E-state index is -4.68. The molecule has 0 amide bonds. The third-order valence-electron chi connectivity index (χ3n) is 2.70. The molecule has 0 spiro atoms. The van der Waals surface area contributed by atoms with E-state index < -0.39 is 22.4 Å². The van der Waals surface area contributed by atoms with Crippen molar-refractivity contribution in [2.24, 2.45) is 5.92 Å². The van der Waals surface area contributed by atoms with Gasteiger partial charge in [-0.05, 0) is 12.0 Å². The first-order valence-corrected chi connectivity index (χ1v) is 5.90. The highest BCUT2D eigenvalue weighted by Gasteiger charge is 2.37. The first kappa shape index (κ1) is 16.1. The molecule has 1 rings (SSSR count). The van der Waals surface area contributed by atoms with E-state index >= 15 is 0 Å². The van der Waals surface area contributed by atoms with Gasteiger partial charge in [-0.1, -0.05) is 13.8 Å². The molecule has 0 saturated heterocycles. The third-order valence-corrected chi connectivity index (χ3v) is 2.70. The average molecular weight is 291 g/mol. The van der Waals surface area contributed by atoms with E-state index in [1.54, 1.807) is 0 Å². The quantitative estimate of drug-likeness (QED) is 0.525. The molecule has 0 saturated carbocycles. The van der Waals surface area contributed by atoms with E-state index in [9.17, 15) is 23.3 Å². The fraction of sp³-hybridized carbons (Fsp3) is 0.500. The summed E-state index contributed by atoms with van der Waals surface area (Å²) in [7, 11) is 1.50. The van der Waals surface area contributed by atoms with E-state index in [2.05, 4.69) is 0 Å². The molecule has 2 N–H and O–H groups in total. The topological polar surface area (TPSA) is 72.4 Å². The third kappa shape index (κ3) is 3.52. The molecule has 0 fully saturated rings. The van der Waals surface area contributed by atoms with Gasteiger partial charge in [0.15, 0.2) is 0 Å². The smallest absolute Gasteiger partial charge is 0.393 e. The lowest BCUT2D eigenvalue weighted by molar-refractivity contribution is -0.384. The Labute approximate surface area is 114 Å². The van der Waals surface area contributed by atoms with Gasteiger partial charge < -0.3 is 10.6 Å². The second kappa shape index (κ2) is 5.56. The van der Waals surface area contributed by atoms with Crippen molar-refractivity contribution in [1.29, 1.82) is 0 Å². The highest BCUT2D eigenvalue weighted by molar-refractivity contribution is 5.71. The van der Waals surface area contributed by atoms with Gasteiger partial charge in [0.1, 0.15) is 5.69 Å². The standard InChI is InChI=1S/C12H16F3N3O2/c1-7(2)6-17(3)10-5-9(16)11(18(19)20)4-8(10)12(13,14)15/h4-5,7H,6,16H2,1-3H3. The normalized spacial score (nSPS) is 11.8. The predicted molar refractivity (Wildman–Crippen MR) is 70.6 cm³/mol. The Hall–Kier alpha value is -1.99. The van der Waals surface area contributed by atoms with Crippen LogP contribution in [0.4, 0.5) is 30.2 Å². The molecule has 1 aromatic rings. The van der Waals surface area contributed by atoms with E-state index in [4.69, 9.17) is 5.73 Å². The number of benzene rings is 1. The summed E-state index contributed by atoms with van der Waals surface area (Å²) >= 11 is 0. The summed E-state index contributed by atoms with van der Waals surface area (Å²) in [6.45, 7) is 4.09. The van der Waals surface area contributed by atoms with Crippen LogP contribution in [0.5, 0.6) is 0 Å². The van der Waals surface area contributed by atoms with Crippen LogP contribution in [0.3, 0.4) is 0 Å². The number of nitro groups is 1. The summed E-state index contributed by atoms with van der Waals surface area (Å²) in [6.07, 6.45) is -4.68. The van der Waals surface area contributed by atoms with Gasteiger partial charge in [-0.25, -0.2) is 0 Å². The summed E-state index contributed by atoms with van der Waals surface area (Å²) in [5, 5.41) is 10.7. The summed E-state index contributed by atoms with van der Waals surface area (Å²) < 4.78 is 39.1. The molecule has 0 radical (unpaired) electrons. The van der Waals surface area contributed by atoms with Crippen LogP contribution in [0.2, 0.25) is 0 Å². The highest BCUT2D eigenvalue weighted by Crippen LogP contribution is 2.41. The maximum atomic E-state index is 13.0. The number of hydrogen-bond donors (Lipinski definition) is 1. The number of alkyl halides is 3. The number of halogens is 3. The summed E-state index contributed by atoms with van der Waals surface area (Å²) in [5.41, 5.74) is 3.23. The van der Waals surface area contributed by atoms with Crippen molar-refractivity contribution in [2.75, 3.05) is 24.2 Å². The molecule has 0 bridgehead atoms. The molecule has 0 aliphatic rings. The number of nitro benzene ring substituents is 1. The summed E-state index contributed by atoms with van der Waals surface area (Å²) in [6, 6.07) is 1.49. The van der Waals surface area contributed by atoms with Crippen molar-refractivity contribution in [3.8, 4) is 0 Å². The first-order chi connectivity index (χ1) is 9.04. The maximum absolute atomic E-state index is 13.0. The van der Waals surface area contributed by atoms with E-state index in [-0.39, 0.29) is 17.3 Å². The van der Waals surface area contributed by atoms with Crippen LogP contribution < -0.4 is 10.6 Å². The fourth-order valence-electron chi connectivity index (χ4n) is 1.94. The molecular formula is C12H16F3N3O2. The molecule has 5 nitrogen and oxygen atoms in total. The van der Waals surface area contributed by atoms with Crippen LogP contribution in [-0.2, 0) is 6.18 Å². The van der Waals surface area contributed by atoms with Gasteiger partial charge >= 0.3 is 6.18 Å². The summed E-state index contributed by atoms with van der Waals surface area (Å²) in [5.74, 6) is 0.137. The number of nitrogens with two attached hydrogens (primary N) is 1. The zero-order chi connectivity index (χ0) is 15.7. The zero-order valence-corrected chi connectivity index (χ0v) is 11.4. The number of hydrogen-bond acceptors (Lipinski definition) is 4. The highest BCUT2D eigenvalue weighted by atomic mass is 19.4. The SMILES string of the molecule is CC(C)CN(C)c1cc(N)c([N+](=O)[O-])cc1C(F)(F)F. The Morgan fingerprint density at radius 1 is 1.40 bits per heavy atom. The minimum absolute atomic E-state index is 0.137. The van der Waals surface area contributed by atoms with Gasteiger partial charge in [0, 0.05) is 19.7 Å². The van der Waals surface area contributed by atoms with Crippen molar-refractivity contribution in [3.63, 3.8) is 0 Å². The van der Waals surface area contributed by atoms with Crippen molar-refractivity contribution in [1.82, 2.24) is 0 Å². The molecule has 0 aliphatic heterocycles. The van der Waals surface area contributed by atoms with Crippen molar-refractivity contribution < 1.29 is 18.1 Å².